The monoisotopic (exact) mass is 437 g/mol. The molecule has 4 aromatic rings. The number of carbonyl (C=O) groups is 1. The zero-order valence-electron chi connectivity index (χ0n) is 16.2. The van der Waals surface area contributed by atoms with Crippen molar-refractivity contribution >= 4 is 17.2 Å². The van der Waals surface area contributed by atoms with Gasteiger partial charge in [0, 0.05) is 29.9 Å². The van der Waals surface area contributed by atoms with Crippen molar-refractivity contribution in [2.75, 3.05) is 0 Å². The zero-order chi connectivity index (χ0) is 21.6. The second-order valence-electron chi connectivity index (χ2n) is 6.65. The lowest BCUT2D eigenvalue weighted by Gasteiger charge is -2.08. The SMILES string of the molecule is O=C(NCc1cccnc1)c1csc(-c2cccc(OCc3ccc(F)c(F)c3)c2)n1. The van der Waals surface area contributed by atoms with E-state index in [4.69, 9.17) is 4.74 Å². The number of nitrogens with zero attached hydrogens (tertiary/aromatic N) is 2. The summed E-state index contributed by atoms with van der Waals surface area (Å²) in [6.45, 7) is 0.466. The number of nitrogens with one attached hydrogen (secondary N) is 1. The Bertz CT molecular complexity index is 1200. The van der Waals surface area contributed by atoms with E-state index < -0.39 is 11.6 Å². The van der Waals surface area contributed by atoms with Gasteiger partial charge in [-0.15, -0.1) is 11.3 Å². The maximum absolute atomic E-state index is 13.3. The van der Waals surface area contributed by atoms with Crippen molar-refractivity contribution in [3.63, 3.8) is 0 Å². The lowest BCUT2D eigenvalue weighted by atomic mass is 10.2. The molecule has 31 heavy (non-hydrogen) atoms. The van der Waals surface area contributed by atoms with Crippen molar-refractivity contribution in [3.8, 4) is 16.3 Å². The van der Waals surface area contributed by atoms with Crippen LogP contribution in [-0.2, 0) is 13.2 Å². The van der Waals surface area contributed by atoms with Crippen LogP contribution < -0.4 is 10.1 Å². The van der Waals surface area contributed by atoms with Crippen LogP contribution in [0.2, 0.25) is 0 Å². The molecule has 156 valence electrons. The van der Waals surface area contributed by atoms with Crippen molar-refractivity contribution in [2.24, 2.45) is 0 Å². The first-order valence-electron chi connectivity index (χ1n) is 9.38. The minimum absolute atomic E-state index is 0.0977. The highest BCUT2D eigenvalue weighted by Gasteiger charge is 2.12. The molecule has 4 rings (SSSR count). The van der Waals surface area contributed by atoms with Gasteiger partial charge in [-0.25, -0.2) is 13.8 Å². The third kappa shape index (κ3) is 5.29. The van der Waals surface area contributed by atoms with Gasteiger partial charge in [-0.3, -0.25) is 9.78 Å². The molecule has 0 aliphatic rings. The van der Waals surface area contributed by atoms with Crippen LogP contribution in [0.3, 0.4) is 0 Å². The van der Waals surface area contributed by atoms with Gasteiger partial charge in [0.15, 0.2) is 11.6 Å². The fourth-order valence-corrected chi connectivity index (χ4v) is 3.60. The first-order chi connectivity index (χ1) is 15.1. The molecular formula is C23H17F2N3O2S. The molecule has 0 saturated heterocycles. The number of aromatic nitrogens is 2. The molecule has 2 aromatic heterocycles. The minimum Gasteiger partial charge on any atom is -0.489 e. The van der Waals surface area contributed by atoms with Gasteiger partial charge in [0.25, 0.3) is 5.91 Å². The number of ether oxygens (including phenoxy) is 1. The molecule has 0 saturated carbocycles. The largest absolute Gasteiger partial charge is 0.489 e. The van der Waals surface area contributed by atoms with E-state index in [9.17, 15) is 13.6 Å². The Hall–Kier alpha value is -3.65. The van der Waals surface area contributed by atoms with Crippen molar-refractivity contribution in [2.45, 2.75) is 13.2 Å². The summed E-state index contributed by atoms with van der Waals surface area (Å²) >= 11 is 1.35. The molecule has 2 aromatic carbocycles. The minimum atomic E-state index is -0.910. The van der Waals surface area contributed by atoms with Gasteiger partial charge in [0.2, 0.25) is 0 Å². The van der Waals surface area contributed by atoms with Crippen LogP contribution in [0, 0.1) is 11.6 Å². The Balaban J connectivity index is 1.40. The summed E-state index contributed by atoms with van der Waals surface area (Å²) < 4.78 is 32.1. The highest BCUT2D eigenvalue weighted by molar-refractivity contribution is 7.13. The molecule has 8 heteroatoms. The first kappa shape index (κ1) is 20.6. The maximum Gasteiger partial charge on any atom is 0.271 e. The number of amides is 1. The van der Waals surface area contributed by atoms with Gasteiger partial charge >= 0.3 is 0 Å². The molecule has 0 fully saturated rings. The van der Waals surface area contributed by atoms with E-state index in [0.29, 0.717) is 28.6 Å². The number of pyridine rings is 1. The molecule has 0 atom stereocenters. The molecule has 1 N–H and O–H groups in total. The Morgan fingerprint density at radius 2 is 1.94 bits per heavy atom. The Labute approximate surface area is 181 Å². The van der Waals surface area contributed by atoms with Crippen molar-refractivity contribution in [3.05, 3.63) is 101 Å². The Morgan fingerprint density at radius 1 is 1.03 bits per heavy atom. The normalized spacial score (nSPS) is 10.6. The summed E-state index contributed by atoms with van der Waals surface area (Å²) in [4.78, 5) is 20.8. The van der Waals surface area contributed by atoms with E-state index in [2.05, 4.69) is 15.3 Å². The van der Waals surface area contributed by atoms with Crippen molar-refractivity contribution in [1.29, 1.82) is 0 Å². The van der Waals surface area contributed by atoms with Gasteiger partial charge in [0.05, 0.1) is 0 Å². The fraction of sp³-hybridized carbons (Fsp3) is 0.0870. The summed E-state index contributed by atoms with van der Waals surface area (Å²) in [5.41, 5.74) is 2.54. The van der Waals surface area contributed by atoms with Crippen LogP contribution in [0.1, 0.15) is 21.6 Å². The highest BCUT2D eigenvalue weighted by atomic mass is 32.1. The first-order valence-corrected chi connectivity index (χ1v) is 10.3. The fourth-order valence-electron chi connectivity index (χ4n) is 2.80. The van der Waals surface area contributed by atoms with E-state index in [1.165, 1.54) is 17.4 Å². The molecule has 2 heterocycles. The van der Waals surface area contributed by atoms with Gasteiger partial charge in [-0.1, -0.05) is 24.3 Å². The average Bonchev–Trinajstić information content (AvgIpc) is 3.30. The molecule has 0 spiro atoms. The standard InChI is InChI=1S/C23H17F2N3O2S/c24-19-7-6-15(9-20(19)25)13-30-18-5-1-4-17(10-18)23-28-21(14-31-23)22(29)27-12-16-3-2-8-26-11-16/h1-11,14H,12-13H2,(H,27,29). The Kier molecular flexibility index (Phi) is 6.28. The van der Waals surface area contributed by atoms with E-state index in [1.54, 1.807) is 36.0 Å². The zero-order valence-corrected chi connectivity index (χ0v) is 17.0. The van der Waals surface area contributed by atoms with Crippen LogP contribution in [0.25, 0.3) is 10.6 Å². The smallest absolute Gasteiger partial charge is 0.271 e. The van der Waals surface area contributed by atoms with Gasteiger partial charge in [-0.2, -0.15) is 0 Å². The lowest BCUT2D eigenvalue weighted by Crippen LogP contribution is -2.23. The summed E-state index contributed by atoms with van der Waals surface area (Å²) in [7, 11) is 0. The van der Waals surface area contributed by atoms with E-state index in [0.717, 1.165) is 23.3 Å². The molecule has 0 aliphatic carbocycles. The molecule has 0 bridgehead atoms. The molecule has 0 unspecified atom stereocenters. The molecular weight excluding hydrogens is 420 g/mol. The number of thiazole rings is 1. The summed E-state index contributed by atoms with van der Waals surface area (Å²) in [6, 6.07) is 14.6. The number of hydrogen-bond acceptors (Lipinski definition) is 5. The predicted molar refractivity (Wildman–Crippen MR) is 114 cm³/mol. The predicted octanol–water partition coefficient (Wildman–Crippen LogP) is 4.99. The van der Waals surface area contributed by atoms with Crippen molar-refractivity contribution < 1.29 is 18.3 Å². The molecule has 0 aliphatic heterocycles. The second-order valence-corrected chi connectivity index (χ2v) is 7.50. The quantitative estimate of drug-likeness (QED) is 0.442. The van der Waals surface area contributed by atoms with Gasteiger partial charge < -0.3 is 10.1 Å². The third-order valence-corrected chi connectivity index (χ3v) is 5.27. The Morgan fingerprint density at radius 3 is 2.74 bits per heavy atom. The van der Waals surface area contributed by atoms with E-state index in [-0.39, 0.29) is 12.5 Å². The molecule has 5 nitrogen and oxygen atoms in total. The summed E-state index contributed by atoms with van der Waals surface area (Å²) in [5, 5.41) is 5.19. The van der Waals surface area contributed by atoms with E-state index in [1.807, 2.05) is 18.2 Å². The van der Waals surface area contributed by atoms with E-state index >= 15 is 0 Å². The third-order valence-electron chi connectivity index (χ3n) is 4.38. The number of halogens is 2. The van der Waals surface area contributed by atoms with Crippen LogP contribution in [0.4, 0.5) is 8.78 Å². The molecule has 1 amide bonds. The van der Waals surface area contributed by atoms with Gasteiger partial charge in [0.1, 0.15) is 23.1 Å². The molecule has 0 radical (unpaired) electrons. The van der Waals surface area contributed by atoms with Gasteiger partial charge in [-0.05, 0) is 41.5 Å². The van der Waals surface area contributed by atoms with Crippen LogP contribution in [-0.4, -0.2) is 15.9 Å². The number of rotatable bonds is 7. The summed E-state index contributed by atoms with van der Waals surface area (Å²) in [6.07, 6.45) is 3.37. The van der Waals surface area contributed by atoms with Crippen LogP contribution in [0.15, 0.2) is 72.4 Å². The number of hydrogen-bond donors (Lipinski definition) is 1. The van der Waals surface area contributed by atoms with Crippen molar-refractivity contribution in [1.82, 2.24) is 15.3 Å². The average molecular weight is 437 g/mol. The summed E-state index contributed by atoms with van der Waals surface area (Å²) in [5.74, 6) is -1.51. The second kappa shape index (κ2) is 9.44. The maximum atomic E-state index is 13.3. The lowest BCUT2D eigenvalue weighted by molar-refractivity contribution is 0.0946. The van der Waals surface area contributed by atoms with Crippen LogP contribution >= 0.6 is 11.3 Å². The van der Waals surface area contributed by atoms with Crippen LogP contribution in [0.5, 0.6) is 5.75 Å². The topological polar surface area (TPSA) is 64.1 Å². The number of benzene rings is 2. The highest BCUT2D eigenvalue weighted by Crippen LogP contribution is 2.27. The number of carbonyl (C=O) groups excluding carboxylic acids is 1.